The largest absolute Gasteiger partial charge is 0.405 e. The van der Waals surface area contributed by atoms with Gasteiger partial charge in [-0.15, -0.1) is 0 Å². The molecule has 1 nitrogen and oxygen atoms in total. The summed E-state index contributed by atoms with van der Waals surface area (Å²) in [7, 11) is -2.20. The first-order chi connectivity index (χ1) is 14.7. The van der Waals surface area contributed by atoms with Crippen molar-refractivity contribution in [2.45, 2.75) is 104 Å². The van der Waals surface area contributed by atoms with Gasteiger partial charge in [-0.25, -0.2) is 0 Å². The van der Waals surface area contributed by atoms with Crippen molar-refractivity contribution in [3.05, 3.63) is 60.7 Å². The van der Waals surface area contributed by atoms with Gasteiger partial charge in [0.25, 0.3) is 8.32 Å². The molecular weight excluding hydrogens is 380 g/mol. The summed E-state index contributed by atoms with van der Waals surface area (Å²) in [5.74, 6) is 0. The lowest BCUT2D eigenvalue weighted by Gasteiger charge is -2.33. The van der Waals surface area contributed by atoms with Crippen LogP contribution in [0.3, 0.4) is 0 Å². The molecule has 0 saturated carbocycles. The molecule has 2 rings (SSSR count). The maximum atomic E-state index is 7.06. The van der Waals surface area contributed by atoms with Crippen LogP contribution in [0.2, 0.25) is 6.55 Å². The van der Waals surface area contributed by atoms with Crippen LogP contribution in [0.5, 0.6) is 0 Å². The Balaban J connectivity index is 1.92. The van der Waals surface area contributed by atoms with Crippen molar-refractivity contribution in [3.63, 3.8) is 0 Å². The zero-order valence-corrected chi connectivity index (χ0v) is 20.7. The summed E-state index contributed by atoms with van der Waals surface area (Å²) >= 11 is 0. The van der Waals surface area contributed by atoms with Gasteiger partial charge in [0.1, 0.15) is 0 Å². The van der Waals surface area contributed by atoms with Crippen LogP contribution >= 0.6 is 0 Å². The molecule has 0 radical (unpaired) electrons. The zero-order valence-electron chi connectivity index (χ0n) is 19.7. The summed E-state index contributed by atoms with van der Waals surface area (Å²) in [6.45, 7) is 6.96. The van der Waals surface area contributed by atoms with E-state index in [-0.39, 0.29) is 0 Å². The Morgan fingerprint density at radius 3 is 1.53 bits per heavy atom. The Labute approximate surface area is 187 Å². The quantitative estimate of drug-likeness (QED) is 0.200. The minimum Gasteiger partial charge on any atom is -0.405 e. The van der Waals surface area contributed by atoms with E-state index in [1.807, 2.05) is 0 Å². The molecule has 30 heavy (non-hydrogen) atoms. The fourth-order valence-electron chi connectivity index (χ4n) is 4.42. The van der Waals surface area contributed by atoms with Crippen LogP contribution in [0, 0.1) is 0 Å². The van der Waals surface area contributed by atoms with Gasteiger partial charge in [-0.1, -0.05) is 139 Å². The Hall–Kier alpha value is -1.38. The molecule has 0 amide bonds. The first-order valence-corrected chi connectivity index (χ1v) is 14.9. The third-order valence-electron chi connectivity index (χ3n) is 6.29. The maximum absolute atomic E-state index is 7.06. The van der Waals surface area contributed by atoms with E-state index in [1.54, 1.807) is 0 Å². The predicted octanol–water partition coefficient (Wildman–Crippen LogP) is 7.48. The molecule has 0 N–H and O–H groups in total. The van der Waals surface area contributed by atoms with E-state index in [4.69, 9.17) is 4.43 Å². The number of unbranched alkanes of at least 4 members (excludes halogenated alkanes) is 8. The van der Waals surface area contributed by atoms with Crippen molar-refractivity contribution in [2.24, 2.45) is 0 Å². The molecule has 0 bridgehead atoms. The van der Waals surface area contributed by atoms with Crippen molar-refractivity contribution in [3.8, 4) is 0 Å². The van der Waals surface area contributed by atoms with Crippen molar-refractivity contribution in [2.75, 3.05) is 0 Å². The molecule has 1 atom stereocenters. The summed E-state index contributed by atoms with van der Waals surface area (Å²) in [5.41, 5.74) is 0. The molecule has 2 aromatic rings. The molecule has 0 saturated heterocycles. The third-order valence-corrected chi connectivity index (χ3v) is 9.97. The second-order valence-electron chi connectivity index (χ2n) is 8.91. The molecule has 0 aliphatic heterocycles. The van der Waals surface area contributed by atoms with Crippen LogP contribution in [-0.2, 0) is 4.43 Å². The molecule has 0 aliphatic rings. The lowest BCUT2D eigenvalue weighted by molar-refractivity contribution is 0.173. The minimum absolute atomic E-state index is 0.372. The van der Waals surface area contributed by atoms with Crippen molar-refractivity contribution < 1.29 is 4.43 Å². The summed E-state index contributed by atoms with van der Waals surface area (Å²) in [5, 5.41) is 2.76. The Bertz CT molecular complexity index is 615. The molecule has 0 aromatic heterocycles. The van der Waals surface area contributed by atoms with Crippen molar-refractivity contribution in [1.29, 1.82) is 0 Å². The van der Waals surface area contributed by atoms with Crippen LogP contribution in [0.4, 0.5) is 0 Å². The summed E-state index contributed by atoms with van der Waals surface area (Å²) < 4.78 is 7.06. The van der Waals surface area contributed by atoms with Gasteiger partial charge in [-0.05, 0) is 29.8 Å². The summed E-state index contributed by atoms with van der Waals surface area (Å²) in [6.07, 6.45) is 16.4. The molecule has 2 heteroatoms. The van der Waals surface area contributed by atoms with Crippen molar-refractivity contribution >= 4 is 18.7 Å². The molecule has 2 aromatic carbocycles. The molecule has 0 spiro atoms. The summed E-state index contributed by atoms with van der Waals surface area (Å²) in [6, 6.07) is 21.9. The van der Waals surface area contributed by atoms with Crippen LogP contribution in [-0.4, -0.2) is 14.4 Å². The third kappa shape index (κ3) is 8.39. The first kappa shape index (κ1) is 24.9. The fourth-order valence-corrected chi connectivity index (χ4v) is 7.58. The summed E-state index contributed by atoms with van der Waals surface area (Å²) in [4.78, 5) is 0. The van der Waals surface area contributed by atoms with E-state index >= 15 is 0 Å². The maximum Gasteiger partial charge on any atom is 0.253 e. The van der Waals surface area contributed by atoms with Crippen LogP contribution in [0.25, 0.3) is 0 Å². The molecule has 1 unspecified atom stereocenters. The van der Waals surface area contributed by atoms with E-state index in [1.165, 1.54) is 87.4 Å². The first-order valence-electron chi connectivity index (χ1n) is 12.5. The average molecular weight is 425 g/mol. The Kier molecular flexibility index (Phi) is 12.1. The van der Waals surface area contributed by atoms with Gasteiger partial charge in [-0.2, -0.15) is 0 Å². The second kappa shape index (κ2) is 14.6. The lowest BCUT2D eigenvalue weighted by Crippen LogP contribution is -2.59. The average Bonchev–Trinajstić information content (AvgIpc) is 2.79. The highest BCUT2D eigenvalue weighted by Crippen LogP contribution is 2.19. The van der Waals surface area contributed by atoms with Gasteiger partial charge in [0.15, 0.2) is 0 Å². The number of hydrogen-bond acceptors (Lipinski definition) is 1. The van der Waals surface area contributed by atoms with E-state index in [0.29, 0.717) is 6.10 Å². The van der Waals surface area contributed by atoms with Crippen LogP contribution < -0.4 is 10.4 Å². The normalized spacial score (nSPS) is 12.8. The smallest absolute Gasteiger partial charge is 0.253 e. The van der Waals surface area contributed by atoms with Gasteiger partial charge in [-0.3, -0.25) is 0 Å². The van der Waals surface area contributed by atoms with Gasteiger partial charge in [0.05, 0.1) is 0 Å². The highest BCUT2D eigenvalue weighted by atomic mass is 28.4. The SMILES string of the molecule is CCCCCCCCCCCC(CCC)O[Si](C)(c1ccccc1)c1ccccc1. The molecule has 0 fully saturated rings. The van der Waals surface area contributed by atoms with E-state index in [0.717, 1.165) is 0 Å². The molecule has 0 heterocycles. The Morgan fingerprint density at radius 2 is 1.07 bits per heavy atom. The zero-order chi connectivity index (χ0) is 21.5. The minimum atomic E-state index is -2.20. The highest BCUT2D eigenvalue weighted by molar-refractivity contribution is 6.96. The van der Waals surface area contributed by atoms with Crippen LogP contribution in [0.15, 0.2) is 60.7 Å². The van der Waals surface area contributed by atoms with Gasteiger partial charge in [0.2, 0.25) is 0 Å². The van der Waals surface area contributed by atoms with E-state index < -0.39 is 8.32 Å². The van der Waals surface area contributed by atoms with Gasteiger partial charge < -0.3 is 4.43 Å². The highest BCUT2D eigenvalue weighted by Gasteiger charge is 2.36. The van der Waals surface area contributed by atoms with Gasteiger partial charge >= 0.3 is 0 Å². The van der Waals surface area contributed by atoms with Gasteiger partial charge in [0, 0.05) is 6.10 Å². The molecular formula is C28H44OSi. The number of benzene rings is 2. The predicted molar refractivity (Wildman–Crippen MR) is 135 cm³/mol. The molecule has 166 valence electrons. The van der Waals surface area contributed by atoms with Crippen molar-refractivity contribution in [1.82, 2.24) is 0 Å². The second-order valence-corrected chi connectivity index (χ2v) is 12.4. The number of rotatable bonds is 16. The standard InChI is InChI=1S/C28H44OSi/c1-4-6-7-8-9-10-11-12-15-21-26(20-5-2)29-30(3,27-22-16-13-17-23-27)28-24-18-14-19-25-28/h13-14,16-19,22-26H,4-12,15,20-21H2,1-3H3. The van der Waals surface area contributed by atoms with E-state index in [9.17, 15) is 0 Å². The topological polar surface area (TPSA) is 9.23 Å². The monoisotopic (exact) mass is 424 g/mol. The fraction of sp³-hybridized carbons (Fsp3) is 0.571. The lowest BCUT2D eigenvalue weighted by atomic mass is 10.0. The van der Waals surface area contributed by atoms with E-state index in [2.05, 4.69) is 81.1 Å². The Morgan fingerprint density at radius 1 is 0.600 bits per heavy atom. The molecule has 0 aliphatic carbocycles. The number of hydrogen-bond donors (Lipinski definition) is 0. The van der Waals surface area contributed by atoms with Crippen LogP contribution in [0.1, 0.15) is 90.9 Å².